The van der Waals surface area contributed by atoms with E-state index >= 15 is 0 Å². The molecule has 2 bridgehead atoms. The summed E-state index contributed by atoms with van der Waals surface area (Å²) in [5.41, 5.74) is 0.378. The van der Waals surface area contributed by atoms with Crippen LogP contribution < -0.4 is 5.32 Å². The number of amides is 2. The van der Waals surface area contributed by atoms with E-state index in [2.05, 4.69) is 31.6 Å². The van der Waals surface area contributed by atoms with Gasteiger partial charge >= 0.3 is 5.97 Å². The van der Waals surface area contributed by atoms with E-state index in [0.717, 1.165) is 18.4 Å². The van der Waals surface area contributed by atoms with Crippen LogP contribution in [0.2, 0.25) is 0 Å². The summed E-state index contributed by atoms with van der Waals surface area (Å²) in [4.78, 5) is 42.0. The second kappa shape index (κ2) is 10.7. The normalized spacial score (nSPS) is 30.2. The molecule has 3 fully saturated rings. The first-order valence-corrected chi connectivity index (χ1v) is 13.8. The molecule has 11 nitrogen and oxygen atoms in total. The van der Waals surface area contributed by atoms with Gasteiger partial charge in [-0.05, 0) is 38.3 Å². The fraction of sp³-hybridized carbons (Fsp3) is 0.640. The molecule has 6 atom stereocenters. The van der Waals surface area contributed by atoms with Gasteiger partial charge in [-0.1, -0.05) is 46.1 Å². The van der Waals surface area contributed by atoms with Crippen molar-refractivity contribution in [2.45, 2.75) is 68.3 Å². The Balaban J connectivity index is 1.41. The highest BCUT2D eigenvalue weighted by atomic mass is 79.9. The van der Waals surface area contributed by atoms with Crippen LogP contribution in [0.5, 0.6) is 0 Å². The van der Waals surface area contributed by atoms with Gasteiger partial charge in [0.25, 0.3) is 0 Å². The highest BCUT2D eigenvalue weighted by Crippen LogP contribution is 2.60. The number of likely N-dealkylation sites (tertiary alicyclic amines) is 1. The summed E-state index contributed by atoms with van der Waals surface area (Å²) >= 11 is 3.64. The van der Waals surface area contributed by atoms with Gasteiger partial charge in [0.2, 0.25) is 11.8 Å². The number of carbonyl (C=O) groups is 3. The first-order chi connectivity index (χ1) is 17.9. The predicted octanol–water partition coefficient (Wildman–Crippen LogP) is 1.37. The summed E-state index contributed by atoms with van der Waals surface area (Å²) < 4.78 is 13.3. The Morgan fingerprint density at radius 1 is 1.27 bits per heavy atom. The largest absolute Gasteiger partial charge is 0.466 e. The van der Waals surface area contributed by atoms with E-state index in [-0.39, 0.29) is 36.5 Å². The summed E-state index contributed by atoms with van der Waals surface area (Å²) in [6.07, 6.45) is 2.92. The van der Waals surface area contributed by atoms with Crippen LogP contribution in [0, 0.1) is 11.8 Å². The number of carbonyl (C=O) groups excluding carboxylic acids is 3. The van der Waals surface area contributed by atoms with Gasteiger partial charge in [0.1, 0.15) is 23.8 Å². The molecule has 5 rings (SSSR count). The maximum absolute atomic E-state index is 13.8. The number of unbranched alkanes of at least 4 members (excludes halogenated alkanes) is 3. The predicted molar refractivity (Wildman–Crippen MR) is 135 cm³/mol. The van der Waals surface area contributed by atoms with Gasteiger partial charge in [-0.25, -0.2) is 4.68 Å². The summed E-state index contributed by atoms with van der Waals surface area (Å²) in [5.74, 6) is -2.59. The number of aliphatic hydroxyl groups excluding tert-OH is 1. The molecule has 1 aromatic carbocycles. The number of aliphatic hydroxyl groups is 1. The number of ether oxygens (including phenoxy) is 2. The van der Waals surface area contributed by atoms with Crippen molar-refractivity contribution in [2.24, 2.45) is 11.8 Å². The zero-order valence-electron chi connectivity index (χ0n) is 20.7. The second-order valence-corrected chi connectivity index (χ2v) is 11.0. The van der Waals surface area contributed by atoms with Crippen molar-refractivity contribution in [3.05, 3.63) is 24.3 Å². The van der Waals surface area contributed by atoms with Crippen molar-refractivity contribution < 1.29 is 29.0 Å². The van der Waals surface area contributed by atoms with E-state index in [1.54, 1.807) is 16.5 Å². The van der Waals surface area contributed by atoms with Crippen molar-refractivity contribution in [3.8, 4) is 0 Å². The molecule has 3 unspecified atom stereocenters. The number of nitrogens with zero attached hydrogens (tertiary/aromatic N) is 4. The van der Waals surface area contributed by atoms with Crippen LogP contribution >= 0.6 is 15.9 Å². The zero-order chi connectivity index (χ0) is 26.2. The van der Waals surface area contributed by atoms with Crippen molar-refractivity contribution in [1.82, 2.24) is 25.2 Å². The van der Waals surface area contributed by atoms with Gasteiger partial charge in [-0.15, -0.1) is 5.10 Å². The molecule has 37 heavy (non-hydrogen) atoms. The lowest BCUT2D eigenvalue weighted by molar-refractivity contribution is -0.154. The third-order valence-corrected chi connectivity index (χ3v) is 8.57. The smallest absolute Gasteiger partial charge is 0.312 e. The van der Waals surface area contributed by atoms with Crippen LogP contribution in [-0.2, 0) is 30.5 Å². The van der Waals surface area contributed by atoms with Crippen LogP contribution in [0.4, 0.5) is 0 Å². The quantitative estimate of drug-likeness (QED) is 0.232. The summed E-state index contributed by atoms with van der Waals surface area (Å²) in [6.45, 7) is 2.50. The number of nitrogens with one attached hydrogen (secondary N) is 1. The lowest BCUT2D eigenvalue weighted by atomic mass is 9.70. The Hall–Kier alpha value is -2.57. The Morgan fingerprint density at radius 3 is 2.84 bits per heavy atom. The Bertz CT molecular complexity index is 1180. The Labute approximate surface area is 223 Å². The zero-order valence-corrected chi connectivity index (χ0v) is 22.3. The number of fused-ring (bicyclic) bond motifs is 2. The minimum atomic E-state index is -1.12. The van der Waals surface area contributed by atoms with E-state index in [9.17, 15) is 14.4 Å². The summed E-state index contributed by atoms with van der Waals surface area (Å²) in [6, 6.07) is 6.57. The fourth-order valence-electron chi connectivity index (χ4n) is 6.21. The van der Waals surface area contributed by atoms with Gasteiger partial charge in [-0.2, -0.15) is 0 Å². The topological polar surface area (TPSA) is 136 Å². The number of halogens is 1. The lowest BCUT2D eigenvalue weighted by Crippen LogP contribution is -2.56. The third-order valence-electron chi connectivity index (χ3n) is 7.73. The standard InChI is InChI=1S/C25H32BrN5O6/c1-2-36-24(35)18-19-23(34)30(11-7-3-4-8-12-32)21(25(19)13-15(26)20(18)37-25)22(33)27-14-31-17-10-6-5-9-16(17)28-29-31/h5-6,9-10,15,18-21,32H,2-4,7-8,11-14H2,1H3,(H,27,33)/t15?,18-,19+,20-,21?,25?/m1/s1. The van der Waals surface area contributed by atoms with Crippen LogP contribution in [0.3, 0.4) is 0 Å². The van der Waals surface area contributed by atoms with Gasteiger partial charge < -0.3 is 24.8 Å². The van der Waals surface area contributed by atoms with Gasteiger partial charge in [-0.3, -0.25) is 14.4 Å². The fourth-order valence-corrected chi connectivity index (χ4v) is 7.15. The number of hydrogen-bond donors (Lipinski definition) is 2. The number of hydrogen-bond acceptors (Lipinski definition) is 8. The summed E-state index contributed by atoms with van der Waals surface area (Å²) in [5, 5.41) is 20.3. The van der Waals surface area contributed by atoms with Crippen molar-refractivity contribution in [1.29, 1.82) is 0 Å². The SMILES string of the molecule is CCOC(=O)[C@H]1[C@@H]2OC3(CC2Br)C(C(=O)NCn2nnc4ccccc42)N(CCCCCCO)C(=O)[C@H]13. The minimum absolute atomic E-state index is 0.0810. The molecule has 2 N–H and O–H groups in total. The van der Waals surface area contributed by atoms with Crippen molar-refractivity contribution >= 4 is 44.7 Å². The van der Waals surface area contributed by atoms with Crippen LogP contribution in [-0.4, -0.2) is 85.1 Å². The van der Waals surface area contributed by atoms with Crippen LogP contribution in [0.1, 0.15) is 39.0 Å². The molecule has 2 amide bonds. The van der Waals surface area contributed by atoms with Gasteiger partial charge in [0.15, 0.2) is 0 Å². The first-order valence-electron chi connectivity index (χ1n) is 12.9. The number of rotatable bonds is 11. The van der Waals surface area contributed by atoms with Gasteiger partial charge in [0, 0.05) is 18.0 Å². The Kier molecular flexibility index (Phi) is 7.51. The first kappa shape index (κ1) is 26.1. The van der Waals surface area contributed by atoms with E-state index < -0.39 is 35.6 Å². The molecule has 4 heterocycles. The average Bonchev–Trinajstić information content (AvgIpc) is 3.60. The van der Waals surface area contributed by atoms with Crippen LogP contribution in [0.15, 0.2) is 24.3 Å². The molecular formula is C25H32BrN5O6. The van der Waals surface area contributed by atoms with Crippen molar-refractivity contribution in [3.63, 3.8) is 0 Å². The molecule has 200 valence electrons. The monoisotopic (exact) mass is 577 g/mol. The van der Waals surface area contributed by atoms with E-state index in [0.29, 0.717) is 31.3 Å². The summed E-state index contributed by atoms with van der Waals surface area (Å²) in [7, 11) is 0. The molecule has 3 saturated heterocycles. The van der Waals surface area contributed by atoms with E-state index in [1.807, 2.05) is 24.3 Å². The minimum Gasteiger partial charge on any atom is -0.466 e. The van der Waals surface area contributed by atoms with Crippen LogP contribution in [0.25, 0.3) is 11.0 Å². The highest BCUT2D eigenvalue weighted by molar-refractivity contribution is 9.09. The maximum Gasteiger partial charge on any atom is 0.312 e. The number of benzene rings is 1. The number of alkyl halides is 1. The highest BCUT2D eigenvalue weighted by Gasteiger charge is 2.76. The molecule has 1 spiro atoms. The molecular weight excluding hydrogens is 546 g/mol. The van der Waals surface area contributed by atoms with E-state index in [1.165, 1.54) is 0 Å². The van der Waals surface area contributed by atoms with E-state index in [4.69, 9.17) is 14.6 Å². The number of esters is 1. The number of para-hydroxylation sites is 1. The molecule has 1 aromatic heterocycles. The molecule has 2 aromatic rings. The molecule has 3 aliphatic rings. The van der Waals surface area contributed by atoms with Gasteiger partial charge in [0.05, 0.1) is 30.1 Å². The second-order valence-electron chi connectivity index (χ2n) is 9.86. The Morgan fingerprint density at radius 2 is 2.05 bits per heavy atom. The maximum atomic E-state index is 13.8. The number of aromatic nitrogens is 3. The average molecular weight is 578 g/mol. The molecule has 0 aliphatic carbocycles. The molecule has 12 heteroatoms. The lowest BCUT2D eigenvalue weighted by Gasteiger charge is -2.34. The molecule has 3 aliphatic heterocycles. The third kappa shape index (κ3) is 4.42. The molecule has 0 saturated carbocycles. The van der Waals surface area contributed by atoms with Crippen molar-refractivity contribution in [2.75, 3.05) is 19.8 Å². The molecule has 0 radical (unpaired) electrons.